The highest BCUT2D eigenvalue weighted by Gasteiger charge is 2.51. The summed E-state index contributed by atoms with van der Waals surface area (Å²) in [5, 5.41) is 2.87. The van der Waals surface area contributed by atoms with E-state index >= 15 is 0 Å². The van der Waals surface area contributed by atoms with E-state index < -0.39 is 36.1 Å². The monoisotopic (exact) mass is 472 g/mol. The van der Waals surface area contributed by atoms with Crippen LogP contribution in [0.15, 0.2) is 24.3 Å². The normalized spacial score (nSPS) is 21.6. The van der Waals surface area contributed by atoms with Crippen LogP contribution in [0.25, 0.3) is 0 Å². The van der Waals surface area contributed by atoms with E-state index in [1.54, 1.807) is 0 Å². The minimum absolute atomic E-state index is 0.0703. The van der Waals surface area contributed by atoms with Crippen LogP contribution in [-0.4, -0.2) is 60.0 Å². The van der Waals surface area contributed by atoms with Gasteiger partial charge in [-0.3, -0.25) is 4.79 Å². The third-order valence-electron chi connectivity index (χ3n) is 7.07. The van der Waals surface area contributed by atoms with Crippen LogP contribution >= 0.6 is 0 Å². The molecule has 2 aliphatic heterocycles. The van der Waals surface area contributed by atoms with E-state index in [2.05, 4.69) is 5.32 Å². The Morgan fingerprint density at radius 3 is 2.21 bits per heavy atom. The number of nitrogens with one attached hydrogen (secondary N) is 1. The van der Waals surface area contributed by atoms with Gasteiger partial charge in [0.1, 0.15) is 11.6 Å². The summed E-state index contributed by atoms with van der Waals surface area (Å²) >= 11 is 0. The molecule has 0 aromatic heterocycles. The molecule has 0 radical (unpaired) electrons. The van der Waals surface area contributed by atoms with Crippen molar-refractivity contribution >= 4 is 24.6 Å². The molecule has 2 aliphatic rings. The van der Waals surface area contributed by atoms with Gasteiger partial charge in [-0.15, -0.1) is 0 Å². The van der Waals surface area contributed by atoms with Gasteiger partial charge in [0.2, 0.25) is 5.91 Å². The first-order valence-corrected chi connectivity index (χ1v) is 12.4. The average molecular weight is 472 g/mol. The van der Waals surface area contributed by atoms with Gasteiger partial charge in [0, 0.05) is 19.0 Å². The summed E-state index contributed by atoms with van der Waals surface area (Å²) < 4.78 is 17.9. The second-order valence-corrected chi connectivity index (χ2v) is 11.6. The number of likely N-dealkylation sites (tertiary alicyclic amines) is 1. The average Bonchev–Trinajstić information content (AvgIpc) is 2.97. The van der Waals surface area contributed by atoms with E-state index in [0.29, 0.717) is 13.1 Å². The zero-order chi connectivity index (χ0) is 25.3. The van der Waals surface area contributed by atoms with Gasteiger partial charge in [-0.05, 0) is 78.8 Å². The highest BCUT2D eigenvalue weighted by atomic mass is 16.7. The lowest BCUT2D eigenvalue weighted by Crippen LogP contribution is -2.53. The minimum Gasteiger partial charge on any atom is -0.444 e. The van der Waals surface area contributed by atoms with E-state index in [1.807, 2.05) is 84.6 Å². The van der Waals surface area contributed by atoms with Gasteiger partial charge in [-0.2, -0.15) is 0 Å². The Balaban J connectivity index is 1.85. The van der Waals surface area contributed by atoms with Crippen LogP contribution in [0, 0.1) is 0 Å². The summed E-state index contributed by atoms with van der Waals surface area (Å²) in [6.07, 6.45) is 2.50. The topological polar surface area (TPSA) is 77.1 Å². The van der Waals surface area contributed by atoms with Crippen LogP contribution in [0.3, 0.4) is 0 Å². The first-order valence-electron chi connectivity index (χ1n) is 12.4. The number of amides is 2. The molecule has 1 N–H and O–H groups in total. The molecule has 2 fully saturated rings. The number of ether oxygens (including phenoxy) is 1. The molecule has 0 aliphatic carbocycles. The van der Waals surface area contributed by atoms with Crippen molar-refractivity contribution in [2.75, 3.05) is 13.1 Å². The highest BCUT2D eigenvalue weighted by molar-refractivity contribution is 6.62. The zero-order valence-corrected chi connectivity index (χ0v) is 22.1. The number of piperidine rings is 1. The molecule has 1 aromatic carbocycles. The van der Waals surface area contributed by atoms with Crippen molar-refractivity contribution in [3.63, 3.8) is 0 Å². The fraction of sp³-hybridized carbons (Fsp3) is 0.692. The number of hydrogen-bond donors (Lipinski definition) is 1. The fourth-order valence-electron chi connectivity index (χ4n) is 4.31. The number of hydrogen-bond acceptors (Lipinski definition) is 5. The Morgan fingerprint density at radius 2 is 1.65 bits per heavy atom. The molecule has 0 spiro atoms. The Hall–Kier alpha value is -2.06. The molecule has 0 saturated carbocycles. The summed E-state index contributed by atoms with van der Waals surface area (Å²) in [6.45, 7) is 16.9. The van der Waals surface area contributed by atoms with Gasteiger partial charge >= 0.3 is 13.2 Å². The first-order chi connectivity index (χ1) is 15.7. The van der Waals surface area contributed by atoms with E-state index in [0.717, 1.165) is 30.3 Å². The van der Waals surface area contributed by atoms with E-state index in [4.69, 9.17) is 14.0 Å². The third kappa shape index (κ3) is 6.14. The Bertz CT molecular complexity index is 873. The molecular weight excluding hydrogens is 431 g/mol. The van der Waals surface area contributed by atoms with Crippen molar-refractivity contribution in [2.45, 2.75) is 103 Å². The Kier molecular flexibility index (Phi) is 7.73. The third-order valence-corrected chi connectivity index (χ3v) is 7.07. The lowest BCUT2D eigenvalue weighted by molar-refractivity contribution is -0.134. The molecule has 2 heterocycles. The van der Waals surface area contributed by atoms with Gasteiger partial charge < -0.3 is 24.3 Å². The van der Waals surface area contributed by atoms with Crippen LogP contribution in [0.5, 0.6) is 0 Å². The Morgan fingerprint density at radius 1 is 1.06 bits per heavy atom. The SMILES string of the molecule is CC(c1cccc(B2OC(C)(C)C(C)(C)O2)c1)[C@H](NC(=O)OC(C)(C)C)C(=O)N1CCCCC1. The molecule has 3 rings (SSSR count). The van der Waals surface area contributed by atoms with Crippen LogP contribution in [-0.2, 0) is 18.8 Å². The van der Waals surface area contributed by atoms with Gasteiger partial charge in [-0.25, -0.2) is 4.79 Å². The number of carbonyl (C=O) groups excluding carboxylic acids is 2. The van der Waals surface area contributed by atoms with Crippen molar-refractivity contribution < 1.29 is 23.6 Å². The summed E-state index contributed by atoms with van der Waals surface area (Å²) in [5.41, 5.74) is 0.292. The van der Waals surface area contributed by atoms with Crippen LogP contribution in [0.1, 0.15) is 86.1 Å². The van der Waals surface area contributed by atoms with Crippen LogP contribution < -0.4 is 10.8 Å². The first kappa shape index (κ1) is 26.5. The molecule has 188 valence electrons. The van der Waals surface area contributed by atoms with E-state index in [9.17, 15) is 9.59 Å². The maximum absolute atomic E-state index is 13.5. The second-order valence-electron chi connectivity index (χ2n) is 11.6. The summed E-state index contributed by atoms with van der Waals surface area (Å²) in [6, 6.07) is 7.18. The molecule has 8 heteroatoms. The van der Waals surface area contributed by atoms with Crippen LogP contribution in [0.2, 0.25) is 0 Å². The predicted octanol–water partition coefficient (Wildman–Crippen LogP) is 4.00. The lowest BCUT2D eigenvalue weighted by atomic mass is 9.77. The quantitative estimate of drug-likeness (QED) is 0.656. The Labute approximate surface area is 205 Å². The van der Waals surface area contributed by atoms with E-state index in [-0.39, 0.29) is 11.8 Å². The largest absolute Gasteiger partial charge is 0.494 e. The predicted molar refractivity (Wildman–Crippen MR) is 134 cm³/mol. The zero-order valence-electron chi connectivity index (χ0n) is 22.1. The number of nitrogens with zero attached hydrogens (tertiary/aromatic N) is 1. The molecule has 34 heavy (non-hydrogen) atoms. The summed E-state index contributed by atoms with van der Waals surface area (Å²) in [5.74, 6) is -0.344. The highest BCUT2D eigenvalue weighted by Crippen LogP contribution is 2.36. The van der Waals surface area contributed by atoms with Crippen molar-refractivity contribution in [1.29, 1.82) is 0 Å². The maximum atomic E-state index is 13.5. The molecule has 2 atom stereocenters. The molecule has 2 saturated heterocycles. The second kappa shape index (κ2) is 9.90. The minimum atomic E-state index is -0.735. The fourth-order valence-corrected chi connectivity index (χ4v) is 4.31. The van der Waals surface area contributed by atoms with Gasteiger partial charge in [0.05, 0.1) is 11.2 Å². The molecule has 0 bridgehead atoms. The van der Waals surface area contributed by atoms with E-state index in [1.165, 1.54) is 0 Å². The number of carbonyl (C=O) groups is 2. The molecule has 7 nitrogen and oxygen atoms in total. The van der Waals surface area contributed by atoms with Crippen molar-refractivity contribution in [3.8, 4) is 0 Å². The number of benzene rings is 1. The molecule has 2 amide bonds. The standard InChI is InChI=1S/C26H41BN2O5/c1-18(19-13-12-14-20(17-19)27-33-25(5,6)26(7,8)34-27)21(28-23(31)32-24(2,3)4)22(30)29-15-10-9-11-16-29/h12-14,17-18,21H,9-11,15-16H2,1-8H3,(H,28,31)/t18?,21-/m0/s1. The molecule has 1 aromatic rings. The van der Waals surface area contributed by atoms with Crippen molar-refractivity contribution in [1.82, 2.24) is 10.2 Å². The molecular formula is C26H41BN2O5. The van der Waals surface area contributed by atoms with Crippen molar-refractivity contribution in [2.24, 2.45) is 0 Å². The molecule has 1 unspecified atom stereocenters. The smallest absolute Gasteiger partial charge is 0.444 e. The summed E-state index contributed by atoms with van der Waals surface area (Å²) in [7, 11) is -0.493. The van der Waals surface area contributed by atoms with Crippen LogP contribution in [0.4, 0.5) is 4.79 Å². The summed E-state index contributed by atoms with van der Waals surface area (Å²) in [4.78, 5) is 28.1. The van der Waals surface area contributed by atoms with Gasteiger partial charge in [0.15, 0.2) is 0 Å². The van der Waals surface area contributed by atoms with Gasteiger partial charge in [-0.1, -0.05) is 31.2 Å². The van der Waals surface area contributed by atoms with Crippen molar-refractivity contribution in [3.05, 3.63) is 29.8 Å². The maximum Gasteiger partial charge on any atom is 0.494 e. The van der Waals surface area contributed by atoms with Gasteiger partial charge in [0.25, 0.3) is 0 Å². The lowest BCUT2D eigenvalue weighted by Gasteiger charge is -2.34. The number of alkyl carbamates (subject to hydrolysis) is 1. The number of rotatable bonds is 5.